The Morgan fingerprint density at radius 2 is 1.93 bits per heavy atom. The van der Waals surface area contributed by atoms with E-state index in [2.05, 4.69) is 5.10 Å². The van der Waals surface area contributed by atoms with Crippen molar-refractivity contribution >= 4 is 12.2 Å². The molecule has 27 heavy (non-hydrogen) atoms. The highest BCUT2D eigenvalue weighted by Crippen LogP contribution is 2.31. The summed E-state index contributed by atoms with van der Waals surface area (Å²) in [4.78, 5) is 1.36. The molecule has 1 unspecified atom stereocenters. The van der Waals surface area contributed by atoms with Crippen molar-refractivity contribution in [3.8, 4) is 23.0 Å². The number of ether oxygens (including phenoxy) is 2. The number of halogens is 1. The maximum Gasteiger partial charge on any atom is 0.292 e. The van der Waals surface area contributed by atoms with Crippen molar-refractivity contribution in [2.45, 2.75) is 13.2 Å². The quantitative estimate of drug-likeness (QED) is 0.629. The van der Waals surface area contributed by atoms with Crippen molar-refractivity contribution in [2.24, 2.45) is 0 Å². The van der Waals surface area contributed by atoms with Gasteiger partial charge in [-0.2, -0.15) is 4.68 Å². The van der Waals surface area contributed by atoms with E-state index in [1.165, 1.54) is 12.1 Å². The molecule has 0 spiro atoms. The molecule has 0 aliphatic heterocycles. The zero-order chi connectivity index (χ0) is 19.4. The second kappa shape index (κ2) is 8.32. The molecule has 1 aromatic heterocycles. The maximum atomic E-state index is 13.3. The Morgan fingerprint density at radius 3 is 2.63 bits per heavy atom. The summed E-state index contributed by atoms with van der Waals surface area (Å²) in [6.45, 7) is 1.13. The zero-order valence-corrected chi connectivity index (χ0v) is 16.2. The van der Waals surface area contributed by atoms with Crippen LogP contribution in [0.2, 0.25) is 0 Å². The van der Waals surface area contributed by atoms with Gasteiger partial charge in [-0.1, -0.05) is 12.1 Å². The van der Waals surface area contributed by atoms with E-state index in [1.54, 1.807) is 37.1 Å². The molecule has 0 aliphatic carbocycles. The summed E-state index contributed by atoms with van der Waals surface area (Å²) >= 11 is 5.29. The van der Waals surface area contributed by atoms with Gasteiger partial charge in [0.15, 0.2) is 18.2 Å². The Morgan fingerprint density at radius 1 is 1.15 bits per heavy atom. The van der Waals surface area contributed by atoms with E-state index >= 15 is 0 Å². The van der Waals surface area contributed by atoms with E-state index in [-0.39, 0.29) is 10.7 Å². The number of rotatable bonds is 7. The highest BCUT2D eigenvalue weighted by molar-refractivity contribution is 7.71. The second-order valence-corrected chi connectivity index (χ2v) is 6.51. The second-order valence-electron chi connectivity index (χ2n) is 6.16. The Hall–Kier alpha value is -2.71. The van der Waals surface area contributed by atoms with Gasteiger partial charge in [0.25, 0.3) is 4.84 Å². The Labute approximate surface area is 161 Å². The topological polar surface area (TPSA) is 53.9 Å². The number of nitrogens with one attached hydrogen (secondary N) is 1. The largest absolute Gasteiger partial charge is 0.493 e. The number of hydrogen-bond donors (Lipinski definition) is 1. The van der Waals surface area contributed by atoms with E-state index in [9.17, 15) is 4.39 Å². The minimum atomic E-state index is -0.242. The van der Waals surface area contributed by atoms with Gasteiger partial charge in [-0.15, -0.1) is 5.10 Å². The van der Waals surface area contributed by atoms with E-state index in [1.807, 2.05) is 19.2 Å². The van der Waals surface area contributed by atoms with E-state index in [4.69, 9.17) is 26.1 Å². The lowest BCUT2D eigenvalue weighted by Crippen LogP contribution is -3.07. The van der Waals surface area contributed by atoms with E-state index in [0.29, 0.717) is 30.6 Å². The molecule has 142 valence electrons. The number of methoxy groups -OCH3 is 2. The minimum absolute atomic E-state index is 0.242. The molecule has 1 atom stereocenters. The average Bonchev–Trinajstić information content (AvgIpc) is 3.01. The third-order valence-electron chi connectivity index (χ3n) is 4.05. The average molecular weight is 390 g/mol. The molecule has 6 nitrogen and oxygen atoms in total. The predicted molar refractivity (Wildman–Crippen MR) is 101 cm³/mol. The van der Waals surface area contributed by atoms with Gasteiger partial charge in [0, 0.05) is 11.1 Å². The van der Waals surface area contributed by atoms with Crippen LogP contribution in [-0.2, 0) is 13.2 Å². The van der Waals surface area contributed by atoms with Crippen LogP contribution in [-0.4, -0.2) is 31.0 Å². The summed E-state index contributed by atoms with van der Waals surface area (Å²) < 4.78 is 31.2. The van der Waals surface area contributed by atoms with Crippen LogP contribution >= 0.6 is 12.2 Å². The van der Waals surface area contributed by atoms with Gasteiger partial charge in [0.05, 0.1) is 21.3 Å². The van der Waals surface area contributed by atoms with Crippen molar-refractivity contribution in [1.82, 2.24) is 9.78 Å². The molecule has 0 fully saturated rings. The Balaban J connectivity index is 1.77. The van der Waals surface area contributed by atoms with Gasteiger partial charge >= 0.3 is 0 Å². The number of benzene rings is 2. The summed E-state index contributed by atoms with van der Waals surface area (Å²) in [6.07, 6.45) is 0. The molecule has 1 heterocycles. The van der Waals surface area contributed by atoms with Crippen molar-refractivity contribution in [1.29, 1.82) is 0 Å². The first-order valence-corrected chi connectivity index (χ1v) is 8.77. The normalized spacial score (nSPS) is 12.0. The number of aromatic nitrogens is 2. The van der Waals surface area contributed by atoms with Crippen molar-refractivity contribution in [3.63, 3.8) is 0 Å². The first kappa shape index (κ1) is 19.1. The molecule has 0 saturated carbocycles. The lowest BCUT2D eigenvalue weighted by Gasteiger charge is -2.13. The van der Waals surface area contributed by atoms with Gasteiger partial charge in [0.1, 0.15) is 12.4 Å². The Kier molecular flexibility index (Phi) is 5.88. The lowest BCUT2D eigenvalue weighted by atomic mass is 10.2. The van der Waals surface area contributed by atoms with Crippen molar-refractivity contribution in [3.05, 3.63) is 58.7 Å². The van der Waals surface area contributed by atoms with Crippen LogP contribution in [0.1, 0.15) is 5.56 Å². The molecular formula is C19H21FN3O3S+. The Bertz CT molecular complexity index is 986. The van der Waals surface area contributed by atoms with Crippen molar-refractivity contribution in [2.75, 3.05) is 21.3 Å². The zero-order valence-electron chi connectivity index (χ0n) is 15.4. The van der Waals surface area contributed by atoms with Crippen LogP contribution in [0.15, 0.2) is 46.9 Å². The highest BCUT2D eigenvalue weighted by Gasteiger charge is 2.14. The fourth-order valence-electron chi connectivity index (χ4n) is 2.80. The number of hydrogen-bond acceptors (Lipinski definition) is 5. The summed E-state index contributed by atoms with van der Waals surface area (Å²) in [6, 6.07) is 12.0. The monoisotopic (exact) mass is 390 g/mol. The molecule has 2 aromatic carbocycles. The van der Waals surface area contributed by atoms with Gasteiger partial charge in [-0.05, 0) is 42.5 Å². The molecule has 0 radical (unpaired) electrons. The first-order valence-electron chi connectivity index (χ1n) is 8.36. The van der Waals surface area contributed by atoms with Crippen LogP contribution in [0, 0.1) is 10.7 Å². The van der Waals surface area contributed by atoms with Crippen molar-refractivity contribution < 1.29 is 23.2 Å². The highest BCUT2D eigenvalue weighted by atomic mass is 32.1. The SMILES string of the molecule is COc1ccc(-c2nn(C[NH+](C)Cc3cccc(F)c3)c(=S)o2)cc1OC. The molecule has 0 bridgehead atoms. The van der Waals surface area contributed by atoms with Gasteiger partial charge in [0.2, 0.25) is 5.89 Å². The molecule has 0 saturated heterocycles. The van der Waals surface area contributed by atoms with E-state index < -0.39 is 0 Å². The fraction of sp³-hybridized carbons (Fsp3) is 0.263. The third kappa shape index (κ3) is 4.53. The van der Waals surface area contributed by atoms with E-state index in [0.717, 1.165) is 16.0 Å². The summed E-state index contributed by atoms with van der Waals surface area (Å²) in [5.41, 5.74) is 1.64. The standard InChI is InChI=1S/C19H20FN3O3S/c1-22(11-13-5-4-6-15(20)9-13)12-23-19(27)26-18(21-23)14-7-8-16(24-2)17(10-14)25-3/h4-10H,11-12H2,1-3H3/p+1. The molecule has 0 amide bonds. The number of quaternary nitrogens is 1. The van der Waals surface area contributed by atoms with Crippen LogP contribution in [0.25, 0.3) is 11.5 Å². The molecule has 0 aliphatic rings. The molecule has 3 rings (SSSR count). The minimum Gasteiger partial charge on any atom is -0.493 e. The van der Waals surface area contributed by atoms with Crippen LogP contribution < -0.4 is 14.4 Å². The number of nitrogens with zero attached hydrogens (tertiary/aromatic N) is 2. The summed E-state index contributed by atoms with van der Waals surface area (Å²) in [7, 11) is 5.13. The predicted octanol–water partition coefficient (Wildman–Crippen LogP) is 2.70. The molecule has 8 heteroatoms. The fourth-order valence-corrected chi connectivity index (χ4v) is 2.98. The smallest absolute Gasteiger partial charge is 0.292 e. The molecule has 1 N–H and O–H groups in total. The van der Waals surface area contributed by atoms with Crippen LogP contribution in [0.4, 0.5) is 4.39 Å². The lowest BCUT2D eigenvalue weighted by molar-refractivity contribution is -0.917. The maximum absolute atomic E-state index is 13.3. The third-order valence-corrected chi connectivity index (χ3v) is 4.35. The van der Waals surface area contributed by atoms with Crippen LogP contribution in [0.5, 0.6) is 11.5 Å². The molecular weight excluding hydrogens is 369 g/mol. The first-order chi connectivity index (χ1) is 13.0. The summed E-state index contributed by atoms with van der Waals surface area (Å²) in [5.74, 6) is 1.37. The van der Waals surface area contributed by atoms with Gasteiger partial charge in [-0.25, -0.2) is 4.39 Å². The van der Waals surface area contributed by atoms with Crippen LogP contribution in [0.3, 0.4) is 0 Å². The summed E-state index contributed by atoms with van der Waals surface area (Å²) in [5, 5.41) is 4.46. The van der Waals surface area contributed by atoms with Gasteiger partial charge < -0.3 is 18.8 Å². The molecule has 3 aromatic rings. The van der Waals surface area contributed by atoms with Gasteiger partial charge in [-0.3, -0.25) is 0 Å².